The smallest absolute Gasteiger partial charge is 0.416 e. The molecule has 1 N–H and O–H groups in total. The van der Waals surface area contributed by atoms with Gasteiger partial charge in [0.15, 0.2) is 11.5 Å². The number of ether oxygens (including phenoxy) is 2. The molecule has 1 aliphatic carbocycles. The molecule has 1 aliphatic rings. The van der Waals surface area contributed by atoms with Crippen molar-refractivity contribution in [1.29, 1.82) is 0 Å². The van der Waals surface area contributed by atoms with Crippen molar-refractivity contribution in [3.8, 4) is 11.5 Å². The van der Waals surface area contributed by atoms with Gasteiger partial charge in [-0.1, -0.05) is 12.1 Å². The number of benzene rings is 2. The third-order valence-electron chi connectivity index (χ3n) is 7.17. The van der Waals surface area contributed by atoms with Crippen molar-refractivity contribution in [2.75, 3.05) is 19.5 Å². The van der Waals surface area contributed by atoms with Crippen LogP contribution in [0.1, 0.15) is 34.4 Å². The van der Waals surface area contributed by atoms with Crippen LogP contribution in [0.4, 0.5) is 18.9 Å². The highest BCUT2D eigenvalue weighted by molar-refractivity contribution is 7.18. The van der Waals surface area contributed by atoms with Crippen LogP contribution in [0.2, 0.25) is 0 Å². The van der Waals surface area contributed by atoms with Crippen LogP contribution < -0.4 is 26.0 Å². The summed E-state index contributed by atoms with van der Waals surface area (Å²) < 4.78 is 52.5. The van der Waals surface area contributed by atoms with Crippen molar-refractivity contribution in [2.45, 2.75) is 51.4 Å². The number of anilines is 1. The summed E-state index contributed by atoms with van der Waals surface area (Å²) in [5, 5.41) is 2.90. The molecule has 41 heavy (non-hydrogen) atoms. The number of carbonyl (C=O) groups excluding carboxylic acids is 1. The summed E-state index contributed by atoms with van der Waals surface area (Å²) in [5.74, 6) is 0.390. The largest absolute Gasteiger partial charge is 0.493 e. The summed E-state index contributed by atoms with van der Waals surface area (Å²) in [6.45, 7) is -0.398. The van der Waals surface area contributed by atoms with Gasteiger partial charge in [-0.3, -0.25) is 18.7 Å². The molecule has 216 valence electrons. The van der Waals surface area contributed by atoms with Crippen molar-refractivity contribution >= 4 is 33.1 Å². The Balaban J connectivity index is 1.51. The molecule has 0 fully saturated rings. The number of rotatable bonds is 8. The van der Waals surface area contributed by atoms with Gasteiger partial charge in [0.1, 0.15) is 11.4 Å². The molecule has 2 aromatic carbocycles. The number of amides is 1. The zero-order valence-electron chi connectivity index (χ0n) is 22.5. The van der Waals surface area contributed by atoms with E-state index in [2.05, 4.69) is 5.32 Å². The van der Waals surface area contributed by atoms with E-state index in [9.17, 15) is 27.6 Å². The summed E-state index contributed by atoms with van der Waals surface area (Å²) in [6, 6.07) is 9.63. The molecular weight excluding hydrogens is 559 g/mol. The lowest BCUT2D eigenvalue weighted by atomic mass is 9.97. The maximum atomic E-state index is 13.7. The molecule has 0 spiro atoms. The number of aryl methyl sites for hydroxylation is 3. The molecule has 8 nitrogen and oxygen atoms in total. The van der Waals surface area contributed by atoms with E-state index >= 15 is 0 Å². The topological polar surface area (TPSA) is 91.6 Å². The molecule has 0 bridgehead atoms. The Morgan fingerprint density at radius 3 is 2.49 bits per heavy atom. The van der Waals surface area contributed by atoms with Crippen molar-refractivity contribution in [3.63, 3.8) is 0 Å². The number of nitrogens with one attached hydrogen (secondary N) is 1. The summed E-state index contributed by atoms with van der Waals surface area (Å²) >= 11 is 1.33. The maximum Gasteiger partial charge on any atom is 0.416 e. The third kappa shape index (κ3) is 5.74. The molecule has 0 saturated carbocycles. The Morgan fingerprint density at radius 2 is 1.76 bits per heavy atom. The highest BCUT2D eigenvalue weighted by Gasteiger charge is 2.30. The first kappa shape index (κ1) is 28.5. The zero-order valence-corrected chi connectivity index (χ0v) is 23.3. The minimum Gasteiger partial charge on any atom is -0.493 e. The number of thiophene rings is 1. The number of hydrogen-bond donors (Lipinski definition) is 1. The van der Waals surface area contributed by atoms with Gasteiger partial charge in [0.25, 0.3) is 5.56 Å². The molecule has 12 heteroatoms. The first-order chi connectivity index (χ1) is 19.6. The molecule has 2 aromatic heterocycles. The summed E-state index contributed by atoms with van der Waals surface area (Å²) in [7, 11) is 3.04. The van der Waals surface area contributed by atoms with Crippen LogP contribution in [0.5, 0.6) is 11.5 Å². The van der Waals surface area contributed by atoms with Crippen molar-refractivity contribution in [2.24, 2.45) is 0 Å². The Bertz CT molecular complexity index is 1740. The molecule has 0 atom stereocenters. The molecule has 0 unspecified atom stereocenters. The quantitative estimate of drug-likeness (QED) is 0.313. The fraction of sp³-hybridized carbons (Fsp3) is 0.345. The number of halogens is 3. The van der Waals surface area contributed by atoms with Crippen LogP contribution in [0, 0.1) is 0 Å². The number of nitrogens with zero attached hydrogens (tertiary/aromatic N) is 2. The maximum absolute atomic E-state index is 13.7. The van der Waals surface area contributed by atoms with Crippen LogP contribution >= 0.6 is 11.3 Å². The van der Waals surface area contributed by atoms with Gasteiger partial charge in [0, 0.05) is 17.1 Å². The Hall–Kier alpha value is -4.06. The predicted octanol–water partition coefficient (Wildman–Crippen LogP) is 5.02. The normalized spacial score (nSPS) is 13.2. The monoisotopic (exact) mass is 587 g/mol. The number of methoxy groups -OCH3 is 2. The van der Waals surface area contributed by atoms with Gasteiger partial charge in [-0.25, -0.2) is 4.79 Å². The lowest BCUT2D eigenvalue weighted by Gasteiger charge is -2.14. The van der Waals surface area contributed by atoms with Crippen molar-refractivity contribution in [3.05, 3.63) is 84.9 Å². The Morgan fingerprint density at radius 1 is 1.00 bits per heavy atom. The van der Waals surface area contributed by atoms with Gasteiger partial charge in [-0.2, -0.15) is 13.2 Å². The van der Waals surface area contributed by atoms with E-state index in [1.807, 2.05) is 6.07 Å². The second-order valence-corrected chi connectivity index (χ2v) is 10.9. The van der Waals surface area contributed by atoms with Crippen LogP contribution in [-0.2, 0) is 43.3 Å². The first-order valence-corrected chi connectivity index (χ1v) is 13.9. The standard InChI is InChI=1S/C29H28F3N3O5S/c1-39-21-11-10-17(14-22(21)40-2)12-13-34-26(37)25-20-8-3-4-9-23(20)41-27(25)35(28(34)38)16-24(36)33-19-7-5-6-18(15-19)29(30,31)32/h5-7,10-11,14-15H,3-4,8-9,12-13,16H2,1-2H3,(H,33,36). The van der Waals surface area contributed by atoms with Gasteiger partial charge in [0.2, 0.25) is 5.91 Å². The predicted molar refractivity (Wildman–Crippen MR) is 150 cm³/mol. The number of carbonyl (C=O) groups is 1. The van der Waals surface area contributed by atoms with E-state index in [1.165, 1.54) is 42.3 Å². The SMILES string of the molecule is COc1ccc(CCn2c(=O)c3c4c(sc3n(CC(=O)Nc3cccc(C(F)(F)F)c3)c2=O)CCCC4)cc1OC. The molecule has 0 saturated heterocycles. The van der Waals surface area contributed by atoms with Gasteiger partial charge >= 0.3 is 11.9 Å². The number of alkyl halides is 3. The van der Waals surface area contributed by atoms with E-state index in [1.54, 1.807) is 12.1 Å². The highest BCUT2D eigenvalue weighted by Crippen LogP contribution is 2.35. The van der Waals surface area contributed by atoms with Gasteiger partial charge in [-0.15, -0.1) is 11.3 Å². The summed E-state index contributed by atoms with van der Waals surface area (Å²) in [6.07, 6.45) is -0.862. The van der Waals surface area contributed by atoms with Crippen molar-refractivity contribution in [1.82, 2.24) is 9.13 Å². The number of fused-ring (bicyclic) bond motifs is 3. The highest BCUT2D eigenvalue weighted by atomic mass is 32.1. The van der Waals surface area contributed by atoms with E-state index in [0.717, 1.165) is 52.0 Å². The zero-order chi connectivity index (χ0) is 29.3. The molecule has 4 aromatic rings. The Kier molecular flexibility index (Phi) is 7.94. The number of hydrogen-bond acceptors (Lipinski definition) is 6. The third-order valence-corrected chi connectivity index (χ3v) is 8.48. The van der Waals surface area contributed by atoms with E-state index in [0.29, 0.717) is 34.6 Å². The van der Waals surface area contributed by atoms with Crippen LogP contribution in [0.15, 0.2) is 52.1 Å². The molecule has 0 radical (unpaired) electrons. The first-order valence-electron chi connectivity index (χ1n) is 13.1. The van der Waals surface area contributed by atoms with Gasteiger partial charge < -0.3 is 14.8 Å². The lowest BCUT2D eigenvalue weighted by Crippen LogP contribution is -2.42. The second-order valence-electron chi connectivity index (χ2n) is 9.78. The van der Waals surface area contributed by atoms with Crippen LogP contribution in [-0.4, -0.2) is 29.3 Å². The average Bonchev–Trinajstić information content (AvgIpc) is 3.34. The lowest BCUT2D eigenvalue weighted by molar-refractivity contribution is -0.137. The minimum atomic E-state index is -4.57. The Labute approximate surface area is 236 Å². The summed E-state index contributed by atoms with van der Waals surface area (Å²) in [4.78, 5) is 41.8. The fourth-order valence-corrected chi connectivity index (χ4v) is 6.52. The van der Waals surface area contributed by atoms with Gasteiger partial charge in [-0.05, 0) is 73.6 Å². The number of aromatic nitrogens is 2. The minimum absolute atomic E-state index is 0.0404. The van der Waals surface area contributed by atoms with E-state index in [4.69, 9.17) is 9.47 Å². The fourth-order valence-electron chi connectivity index (χ4n) is 5.15. The van der Waals surface area contributed by atoms with E-state index in [-0.39, 0.29) is 12.2 Å². The molecule has 1 amide bonds. The van der Waals surface area contributed by atoms with E-state index < -0.39 is 35.4 Å². The van der Waals surface area contributed by atoms with Crippen LogP contribution in [0.25, 0.3) is 10.2 Å². The van der Waals surface area contributed by atoms with Crippen molar-refractivity contribution < 1.29 is 27.4 Å². The molecule has 2 heterocycles. The molecular formula is C29H28F3N3O5S. The van der Waals surface area contributed by atoms with Crippen LogP contribution in [0.3, 0.4) is 0 Å². The summed E-state index contributed by atoms with van der Waals surface area (Å²) in [5.41, 5.74) is -0.269. The second kappa shape index (κ2) is 11.4. The molecule has 5 rings (SSSR count). The van der Waals surface area contributed by atoms with Gasteiger partial charge in [0.05, 0.1) is 25.2 Å². The molecule has 0 aliphatic heterocycles. The average molecular weight is 588 g/mol.